The number of imidazole rings is 1. The van der Waals surface area contributed by atoms with Crippen LogP contribution in [0.25, 0.3) is 0 Å². The largest absolute Gasteiger partial charge is 0.348 e. The van der Waals surface area contributed by atoms with Crippen molar-refractivity contribution >= 4 is 0 Å². The molecule has 0 spiro atoms. The van der Waals surface area contributed by atoms with E-state index in [-0.39, 0.29) is 0 Å². The topological polar surface area (TPSA) is 44.0 Å². The Kier molecular flexibility index (Phi) is 4.18. The van der Waals surface area contributed by atoms with Crippen LogP contribution in [0.2, 0.25) is 0 Å². The molecule has 1 heterocycles. The van der Waals surface area contributed by atoms with E-state index >= 15 is 0 Å². The number of aromatic nitrogens is 2. The van der Waals surface area contributed by atoms with Crippen molar-refractivity contribution in [3.8, 4) is 0 Å². The lowest BCUT2D eigenvalue weighted by Gasteiger charge is -2.43. The molecule has 0 bridgehead atoms. The second-order valence-electron chi connectivity index (χ2n) is 5.32. The number of hydrogen-bond acceptors (Lipinski definition) is 3. The summed E-state index contributed by atoms with van der Waals surface area (Å²) in [4.78, 5) is 9.77. The van der Waals surface area contributed by atoms with Gasteiger partial charge in [-0.15, -0.1) is 0 Å². The molecule has 0 radical (unpaired) electrons. The van der Waals surface area contributed by atoms with E-state index in [4.69, 9.17) is 0 Å². The minimum atomic E-state index is 0.352. The van der Waals surface area contributed by atoms with Crippen LogP contribution in [0.1, 0.15) is 37.9 Å². The van der Waals surface area contributed by atoms with Gasteiger partial charge in [-0.25, -0.2) is 4.98 Å². The first-order valence-electron chi connectivity index (χ1n) is 6.59. The lowest BCUT2D eigenvalue weighted by molar-refractivity contribution is 0.0982. The molecule has 0 unspecified atom stereocenters. The average Bonchev–Trinajstić information content (AvgIpc) is 2.83. The SMILES string of the molecule is CN(C)C1(CNCc2ncc[nH]2)CCCCC1. The first-order valence-corrected chi connectivity index (χ1v) is 6.59. The smallest absolute Gasteiger partial charge is 0.120 e. The lowest BCUT2D eigenvalue weighted by Crippen LogP contribution is -2.52. The summed E-state index contributed by atoms with van der Waals surface area (Å²) in [6, 6.07) is 0. The Morgan fingerprint density at radius 2 is 2.12 bits per heavy atom. The highest BCUT2D eigenvalue weighted by Gasteiger charge is 2.33. The average molecular weight is 236 g/mol. The van der Waals surface area contributed by atoms with Gasteiger partial charge in [0.1, 0.15) is 5.82 Å². The van der Waals surface area contributed by atoms with Crippen LogP contribution < -0.4 is 5.32 Å². The maximum atomic E-state index is 4.23. The Morgan fingerprint density at radius 1 is 1.35 bits per heavy atom. The third kappa shape index (κ3) is 3.07. The van der Waals surface area contributed by atoms with Crippen LogP contribution in [0.5, 0.6) is 0 Å². The van der Waals surface area contributed by atoms with Gasteiger partial charge >= 0.3 is 0 Å². The fourth-order valence-corrected chi connectivity index (χ4v) is 2.80. The third-order valence-corrected chi connectivity index (χ3v) is 4.03. The number of hydrogen-bond donors (Lipinski definition) is 2. The summed E-state index contributed by atoms with van der Waals surface area (Å²) in [5, 5.41) is 3.54. The Balaban J connectivity index is 1.85. The van der Waals surface area contributed by atoms with E-state index < -0.39 is 0 Å². The standard InChI is InChI=1S/C13H24N4/c1-17(2)13(6-4-3-5-7-13)11-14-10-12-15-8-9-16-12/h8-9,14H,3-7,10-11H2,1-2H3,(H,15,16). The second kappa shape index (κ2) is 5.65. The molecule has 4 heteroatoms. The molecule has 0 atom stereocenters. The maximum Gasteiger partial charge on any atom is 0.120 e. The van der Waals surface area contributed by atoms with Crippen molar-refractivity contribution in [2.75, 3.05) is 20.6 Å². The zero-order valence-corrected chi connectivity index (χ0v) is 11.0. The first kappa shape index (κ1) is 12.6. The number of nitrogens with one attached hydrogen (secondary N) is 2. The van der Waals surface area contributed by atoms with Gasteiger partial charge in [-0.1, -0.05) is 19.3 Å². The zero-order valence-electron chi connectivity index (χ0n) is 11.0. The fourth-order valence-electron chi connectivity index (χ4n) is 2.80. The van der Waals surface area contributed by atoms with Crippen LogP contribution >= 0.6 is 0 Å². The van der Waals surface area contributed by atoms with Crippen LogP contribution in [-0.2, 0) is 6.54 Å². The van der Waals surface area contributed by atoms with E-state index in [1.54, 1.807) is 6.20 Å². The van der Waals surface area contributed by atoms with Crippen molar-refractivity contribution in [1.82, 2.24) is 20.2 Å². The van der Waals surface area contributed by atoms with Crippen molar-refractivity contribution in [3.05, 3.63) is 18.2 Å². The van der Waals surface area contributed by atoms with Crippen molar-refractivity contribution in [2.24, 2.45) is 0 Å². The summed E-state index contributed by atoms with van der Waals surface area (Å²) in [6.45, 7) is 1.89. The molecule has 1 aromatic heterocycles. The number of aromatic amines is 1. The van der Waals surface area contributed by atoms with Gasteiger partial charge in [0, 0.05) is 24.5 Å². The van der Waals surface area contributed by atoms with Gasteiger partial charge in [0.05, 0.1) is 6.54 Å². The minimum Gasteiger partial charge on any atom is -0.348 e. The fraction of sp³-hybridized carbons (Fsp3) is 0.769. The van der Waals surface area contributed by atoms with Gasteiger partial charge in [0.15, 0.2) is 0 Å². The maximum absolute atomic E-state index is 4.23. The molecule has 1 aromatic rings. The molecule has 0 saturated heterocycles. The summed E-state index contributed by atoms with van der Waals surface area (Å²) in [5.74, 6) is 1.02. The Hall–Kier alpha value is -0.870. The van der Waals surface area contributed by atoms with Crippen LogP contribution in [0.15, 0.2) is 12.4 Å². The molecule has 0 aromatic carbocycles. The summed E-state index contributed by atoms with van der Waals surface area (Å²) in [6.07, 6.45) is 10.4. The van der Waals surface area contributed by atoms with Crippen molar-refractivity contribution < 1.29 is 0 Å². The summed E-state index contributed by atoms with van der Waals surface area (Å²) in [5.41, 5.74) is 0.352. The minimum absolute atomic E-state index is 0.352. The quantitative estimate of drug-likeness (QED) is 0.819. The van der Waals surface area contributed by atoms with E-state index in [9.17, 15) is 0 Å². The predicted octanol–water partition coefficient (Wildman–Crippen LogP) is 1.76. The summed E-state index contributed by atoms with van der Waals surface area (Å²) in [7, 11) is 4.42. The molecule has 2 N–H and O–H groups in total. The molecule has 17 heavy (non-hydrogen) atoms. The van der Waals surface area contributed by atoms with E-state index in [1.807, 2.05) is 6.20 Å². The van der Waals surface area contributed by atoms with Crippen LogP contribution in [-0.4, -0.2) is 41.0 Å². The van der Waals surface area contributed by atoms with Crippen molar-refractivity contribution in [1.29, 1.82) is 0 Å². The molecule has 0 amide bonds. The van der Waals surface area contributed by atoms with Gasteiger partial charge in [0.2, 0.25) is 0 Å². The molecule has 2 rings (SSSR count). The molecular formula is C13H24N4. The Labute approximate surface area is 104 Å². The van der Waals surface area contributed by atoms with Gasteiger partial charge in [-0.05, 0) is 26.9 Å². The van der Waals surface area contributed by atoms with Gasteiger partial charge in [0.25, 0.3) is 0 Å². The van der Waals surface area contributed by atoms with Crippen molar-refractivity contribution in [2.45, 2.75) is 44.2 Å². The molecule has 96 valence electrons. The summed E-state index contributed by atoms with van der Waals surface area (Å²) < 4.78 is 0. The monoisotopic (exact) mass is 236 g/mol. The highest BCUT2D eigenvalue weighted by atomic mass is 15.2. The Morgan fingerprint density at radius 3 is 2.71 bits per heavy atom. The van der Waals surface area contributed by atoms with Gasteiger partial charge < -0.3 is 15.2 Å². The Bertz CT molecular complexity index is 312. The highest BCUT2D eigenvalue weighted by Crippen LogP contribution is 2.31. The normalized spacial score (nSPS) is 19.7. The number of rotatable bonds is 5. The summed E-state index contributed by atoms with van der Waals surface area (Å²) >= 11 is 0. The molecule has 4 nitrogen and oxygen atoms in total. The van der Waals surface area contributed by atoms with Crippen LogP contribution in [0.4, 0.5) is 0 Å². The van der Waals surface area contributed by atoms with E-state index in [2.05, 4.69) is 34.3 Å². The number of likely N-dealkylation sites (N-methyl/N-ethyl adjacent to an activating group) is 1. The molecule has 1 aliphatic rings. The van der Waals surface area contributed by atoms with Gasteiger partial charge in [-0.3, -0.25) is 0 Å². The molecule has 0 aliphatic heterocycles. The van der Waals surface area contributed by atoms with E-state index in [0.29, 0.717) is 5.54 Å². The first-order chi connectivity index (χ1) is 8.23. The molecular weight excluding hydrogens is 212 g/mol. The van der Waals surface area contributed by atoms with Crippen LogP contribution in [0.3, 0.4) is 0 Å². The third-order valence-electron chi connectivity index (χ3n) is 4.03. The van der Waals surface area contributed by atoms with Gasteiger partial charge in [-0.2, -0.15) is 0 Å². The molecule has 1 aliphatic carbocycles. The van der Waals surface area contributed by atoms with E-state index in [0.717, 1.165) is 18.9 Å². The highest BCUT2D eigenvalue weighted by molar-refractivity contribution is 4.94. The number of nitrogens with zero attached hydrogens (tertiary/aromatic N) is 2. The lowest BCUT2D eigenvalue weighted by atomic mass is 9.80. The molecule has 1 saturated carbocycles. The number of H-pyrrole nitrogens is 1. The van der Waals surface area contributed by atoms with Crippen LogP contribution in [0, 0.1) is 0 Å². The predicted molar refractivity (Wildman–Crippen MR) is 69.8 cm³/mol. The molecule has 1 fully saturated rings. The van der Waals surface area contributed by atoms with E-state index in [1.165, 1.54) is 32.1 Å². The second-order valence-corrected chi connectivity index (χ2v) is 5.32. The zero-order chi connectivity index (χ0) is 12.1. The van der Waals surface area contributed by atoms with Crippen molar-refractivity contribution in [3.63, 3.8) is 0 Å².